The molecule has 3 rings (SSSR count). The molecule has 126 valence electrons. The van der Waals surface area contributed by atoms with Crippen molar-refractivity contribution in [1.82, 2.24) is 14.4 Å². The maximum absolute atomic E-state index is 12.9. The Morgan fingerprint density at radius 1 is 1.52 bits per heavy atom. The number of aliphatic hydroxyl groups is 1. The SMILES string of the molecule is CCc1noc([C@H]2C[C@H](O)CN2S(=O)(=O)c2cc(Cl)sc2Cl)n1. The first kappa shape index (κ1) is 17.1. The van der Waals surface area contributed by atoms with Gasteiger partial charge in [0.1, 0.15) is 15.3 Å². The molecule has 1 fully saturated rings. The number of hydrogen-bond acceptors (Lipinski definition) is 7. The van der Waals surface area contributed by atoms with Gasteiger partial charge < -0.3 is 9.63 Å². The summed E-state index contributed by atoms with van der Waals surface area (Å²) in [6.45, 7) is 1.79. The van der Waals surface area contributed by atoms with Gasteiger partial charge in [-0.3, -0.25) is 0 Å². The molecule has 0 radical (unpaired) electrons. The van der Waals surface area contributed by atoms with Gasteiger partial charge in [0.2, 0.25) is 15.9 Å². The van der Waals surface area contributed by atoms with Crippen LogP contribution in [0.1, 0.15) is 31.1 Å². The number of aromatic nitrogens is 2. The van der Waals surface area contributed by atoms with E-state index < -0.39 is 22.2 Å². The molecular weight excluding hydrogens is 385 g/mol. The highest BCUT2D eigenvalue weighted by molar-refractivity contribution is 7.89. The minimum Gasteiger partial charge on any atom is -0.392 e. The third-order valence-corrected chi connectivity index (χ3v) is 7.16. The van der Waals surface area contributed by atoms with Gasteiger partial charge in [0.15, 0.2) is 5.82 Å². The highest BCUT2D eigenvalue weighted by Crippen LogP contribution is 2.41. The molecule has 2 atom stereocenters. The van der Waals surface area contributed by atoms with Gasteiger partial charge in [-0.1, -0.05) is 35.3 Å². The summed E-state index contributed by atoms with van der Waals surface area (Å²) in [5.74, 6) is 0.648. The summed E-state index contributed by atoms with van der Waals surface area (Å²) in [6.07, 6.45) is -0.0722. The van der Waals surface area contributed by atoms with Crippen molar-refractivity contribution in [3.63, 3.8) is 0 Å². The molecule has 0 unspecified atom stereocenters. The summed E-state index contributed by atoms with van der Waals surface area (Å²) in [4.78, 5) is 4.10. The van der Waals surface area contributed by atoms with Crippen molar-refractivity contribution < 1.29 is 18.0 Å². The molecule has 2 aromatic heterocycles. The second-order valence-corrected chi connectivity index (χ2v) is 9.22. The lowest BCUT2D eigenvalue weighted by Gasteiger charge is -2.20. The number of aryl methyl sites for hydroxylation is 1. The van der Waals surface area contributed by atoms with Crippen molar-refractivity contribution >= 4 is 44.6 Å². The van der Waals surface area contributed by atoms with Crippen LogP contribution in [0.25, 0.3) is 0 Å². The summed E-state index contributed by atoms with van der Waals surface area (Å²) in [6, 6.07) is 0.578. The Labute approximate surface area is 146 Å². The zero-order valence-electron chi connectivity index (χ0n) is 11.9. The van der Waals surface area contributed by atoms with Crippen molar-refractivity contribution in [3.8, 4) is 0 Å². The summed E-state index contributed by atoms with van der Waals surface area (Å²) in [5, 5.41) is 13.7. The first-order valence-corrected chi connectivity index (χ1v) is 9.81. The zero-order valence-corrected chi connectivity index (χ0v) is 15.1. The van der Waals surface area contributed by atoms with E-state index in [9.17, 15) is 13.5 Å². The molecule has 11 heteroatoms. The van der Waals surface area contributed by atoms with Crippen molar-refractivity contribution in [2.24, 2.45) is 0 Å². The fourth-order valence-electron chi connectivity index (χ4n) is 2.45. The summed E-state index contributed by atoms with van der Waals surface area (Å²) >= 11 is 12.8. The molecule has 1 aliphatic heterocycles. The van der Waals surface area contributed by atoms with Crippen LogP contribution in [0.4, 0.5) is 0 Å². The van der Waals surface area contributed by atoms with E-state index in [1.165, 1.54) is 6.07 Å². The molecule has 7 nitrogen and oxygen atoms in total. The molecular formula is C12H13Cl2N3O4S2. The second kappa shape index (κ2) is 6.30. The van der Waals surface area contributed by atoms with Crippen LogP contribution in [-0.4, -0.2) is 40.6 Å². The Bertz CT molecular complexity index is 820. The van der Waals surface area contributed by atoms with Crippen LogP contribution in [0.2, 0.25) is 8.67 Å². The minimum absolute atomic E-state index is 0.0688. The summed E-state index contributed by atoms with van der Waals surface area (Å²) in [7, 11) is -3.94. The van der Waals surface area contributed by atoms with E-state index in [4.69, 9.17) is 27.7 Å². The molecule has 2 aromatic rings. The molecule has 1 aliphatic rings. The Morgan fingerprint density at radius 2 is 2.26 bits per heavy atom. The maximum atomic E-state index is 12.9. The lowest BCUT2D eigenvalue weighted by molar-refractivity contribution is 0.188. The van der Waals surface area contributed by atoms with Crippen LogP contribution in [0.15, 0.2) is 15.5 Å². The summed E-state index contributed by atoms with van der Waals surface area (Å²) in [5.41, 5.74) is 0. The predicted octanol–water partition coefficient (Wildman–Crippen LogP) is 2.50. The van der Waals surface area contributed by atoms with Crippen molar-refractivity contribution in [3.05, 3.63) is 26.5 Å². The largest absolute Gasteiger partial charge is 0.392 e. The number of sulfonamides is 1. The van der Waals surface area contributed by atoms with Crippen LogP contribution in [-0.2, 0) is 16.4 Å². The molecule has 0 amide bonds. The first-order valence-electron chi connectivity index (χ1n) is 6.80. The minimum atomic E-state index is -3.94. The number of aliphatic hydroxyl groups excluding tert-OH is 1. The first-order chi connectivity index (χ1) is 10.8. The maximum Gasteiger partial charge on any atom is 0.246 e. The highest BCUT2D eigenvalue weighted by Gasteiger charge is 2.44. The van der Waals surface area contributed by atoms with Gasteiger partial charge in [-0.2, -0.15) is 9.29 Å². The van der Waals surface area contributed by atoms with Gasteiger partial charge in [0.05, 0.1) is 10.4 Å². The van der Waals surface area contributed by atoms with Gasteiger partial charge in [0, 0.05) is 19.4 Å². The molecule has 1 N–H and O–H groups in total. The van der Waals surface area contributed by atoms with Gasteiger partial charge in [-0.25, -0.2) is 8.42 Å². The van der Waals surface area contributed by atoms with E-state index in [2.05, 4.69) is 10.1 Å². The van der Waals surface area contributed by atoms with E-state index in [-0.39, 0.29) is 32.4 Å². The molecule has 0 aromatic carbocycles. The van der Waals surface area contributed by atoms with Crippen LogP contribution < -0.4 is 0 Å². The van der Waals surface area contributed by atoms with Gasteiger partial charge >= 0.3 is 0 Å². The Balaban J connectivity index is 2.00. The Kier molecular flexibility index (Phi) is 4.69. The van der Waals surface area contributed by atoms with Gasteiger partial charge in [0.25, 0.3) is 0 Å². The average Bonchev–Trinajstić information content (AvgIpc) is 3.17. The van der Waals surface area contributed by atoms with Crippen LogP contribution in [0.5, 0.6) is 0 Å². The van der Waals surface area contributed by atoms with Crippen molar-refractivity contribution in [2.45, 2.75) is 36.8 Å². The standard InChI is InChI=1S/C12H13Cl2N3O4S2/c1-2-10-15-12(21-16-10)7-3-6(18)5-17(7)23(19,20)8-4-9(13)22-11(8)14/h4,6-7,18H,2-3,5H2,1H3/t6-,7+/m0/s1. The average molecular weight is 398 g/mol. The third kappa shape index (κ3) is 3.13. The van der Waals surface area contributed by atoms with E-state index in [0.29, 0.717) is 12.2 Å². The smallest absolute Gasteiger partial charge is 0.246 e. The van der Waals surface area contributed by atoms with Crippen LogP contribution >= 0.6 is 34.5 Å². The van der Waals surface area contributed by atoms with E-state index in [1.807, 2.05) is 6.92 Å². The second-order valence-electron chi connectivity index (χ2n) is 5.07. The molecule has 0 aliphatic carbocycles. The number of β-amino-alcohol motifs (C(OH)–C–C–N with tert-alkyl or cyclic N) is 1. The quantitative estimate of drug-likeness (QED) is 0.850. The molecule has 1 saturated heterocycles. The highest BCUT2D eigenvalue weighted by atomic mass is 35.5. The molecule has 3 heterocycles. The number of thiophene rings is 1. The molecule has 23 heavy (non-hydrogen) atoms. The Hall–Kier alpha value is -0.710. The number of hydrogen-bond donors (Lipinski definition) is 1. The lowest BCUT2D eigenvalue weighted by Crippen LogP contribution is -2.32. The zero-order chi connectivity index (χ0) is 16.8. The van der Waals surface area contributed by atoms with Crippen molar-refractivity contribution in [2.75, 3.05) is 6.54 Å². The molecule has 0 bridgehead atoms. The number of rotatable bonds is 4. The topological polar surface area (TPSA) is 96.5 Å². The Morgan fingerprint density at radius 3 is 2.83 bits per heavy atom. The number of halogens is 2. The van der Waals surface area contributed by atoms with E-state index >= 15 is 0 Å². The van der Waals surface area contributed by atoms with Gasteiger partial charge in [-0.15, -0.1) is 11.3 Å². The van der Waals surface area contributed by atoms with Crippen LogP contribution in [0, 0.1) is 0 Å². The molecule has 0 saturated carbocycles. The lowest BCUT2D eigenvalue weighted by atomic mass is 10.2. The van der Waals surface area contributed by atoms with E-state index in [0.717, 1.165) is 15.6 Å². The fraction of sp³-hybridized carbons (Fsp3) is 0.500. The fourth-order valence-corrected chi connectivity index (χ4v) is 6.19. The van der Waals surface area contributed by atoms with Gasteiger partial charge in [-0.05, 0) is 6.07 Å². The number of nitrogens with zero attached hydrogens (tertiary/aromatic N) is 3. The van der Waals surface area contributed by atoms with Crippen molar-refractivity contribution in [1.29, 1.82) is 0 Å². The monoisotopic (exact) mass is 397 g/mol. The predicted molar refractivity (Wildman–Crippen MR) is 85.3 cm³/mol. The van der Waals surface area contributed by atoms with E-state index in [1.54, 1.807) is 0 Å². The normalized spacial score (nSPS) is 22.8. The van der Waals surface area contributed by atoms with Crippen LogP contribution in [0.3, 0.4) is 0 Å². The summed E-state index contributed by atoms with van der Waals surface area (Å²) < 4.78 is 32.4. The molecule has 0 spiro atoms. The third-order valence-electron chi connectivity index (χ3n) is 3.53.